The van der Waals surface area contributed by atoms with Gasteiger partial charge in [0.25, 0.3) is 5.89 Å². The quantitative estimate of drug-likeness (QED) is 0.638. The van der Waals surface area contributed by atoms with Gasteiger partial charge in [-0.25, -0.2) is 0 Å². The molecule has 1 aliphatic rings. The molecule has 4 rings (SSSR count). The highest BCUT2D eigenvalue weighted by Gasteiger charge is 2.26. The average molecular weight is 390 g/mol. The number of aliphatic hydroxyl groups is 1. The van der Waals surface area contributed by atoms with Crippen molar-refractivity contribution in [2.24, 2.45) is 0 Å². The van der Waals surface area contributed by atoms with Gasteiger partial charge in [-0.3, -0.25) is 0 Å². The molecular formula is C22H22N4O3. The van der Waals surface area contributed by atoms with Crippen LogP contribution in [0.25, 0.3) is 22.8 Å². The predicted octanol–water partition coefficient (Wildman–Crippen LogP) is 3.24. The van der Waals surface area contributed by atoms with E-state index in [1.54, 1.807) is 12.1 Å². The minimum atomic E-state index is 0.118. The summed E-state index contributed by atoms with van der Waals surface area (Å²) in [4.78, 5) is 4.58. The molecule has 7 nitrogen and oxygen atoms in total. The summed E-state index contributed by atoms with van der Waals surface area (Å²) in [5.41, 5.74) is 4.49. The van der Waals surface area contributed by atoms with Crippen molar-refractivity contribution in [2.75, 3.05) is 19.8 Å². The number of fused-ring (bicyclic) bond motifs is 1. The highest BCUT2D eigenvalue weighted by Crippen LogP contribution is 2.37. The lowest BCUT2D eigenvalue weighted by Gasteiger charge is -2.13. The summed E-state index contributed by atoms with van der Waals surface area (Å²) in [6.07, 6.45) is 1.89. The summed E-state index contributed by atoms with van der Waals surface area (Å²) in [5, 5.41) is 26.0. The Morgan fingerprint density at radius 3 is 3.03 bits per heavy atom. The maximum atomic E-state index is 9.37. The summed E-state index contributed by atoms with van der Waals surface area (Å²) in [5.74, 6) is 1.44. The van der Waals surface area contributed by atoms with E-state index in [0.717, 1.165) is 18.4 Å². The van der Waals surface area contributed by atoms with Gasteiger partial charge in [0.1, 0.15) is 11.8 Å². The summed E-state index contributed by atoms with van der Waals surface area (Å²) in [6.45, 7) is 3.06. The minimum absolute atomic E-state index is 0.118. The van der Waals surface area contributed by atoms with E-state index in [9.17, 15) is 5.26 Å². The molecule has 0 saturated carbocycles. The van der Waals surface area contributed by atoms with Crippen LogP contribution in [0.4, 0.5) is 0 Å². The third kappa shape index (κ3) is 3.73. The van der Waals surface area contributed by atoms with Crippen molar-refractivity contribution >= 4 is 0 Å². The minimum Gasteiger partial charge on any atom is -0.492 e. The first-order valence-corrected chi connectivity index (χ1v) is 9.72. The number of ether oxygens (including phenoxy) is 1. The Labute approximate surface area is 168 Å². The Hall–Kier alpha value is -3.21. The Kier molecular flexibility index (Phi) is 5.56. The molecule has 1 atom stereocenters. The van der Waals surface area contributed by atoms with E-state index in [2.05, 4.69) is 27.6 Å². The lowest BCUT2D eigenvalue weighted by molar-refractivity contribution is 0.284. The van der Waals surface area contributed by atoms with Gasteiger partial charge in [0, 0.05) is 23.7 Å². The maximum absolute atomic E-state index is 9.37. The van der Waals surface area contributed by atoms with Gasteiger partial charge in [0.2, 0.25) is 5.82 Å². The Morgan fingerprint density at radius 1 is 1.34 bits per heavy atom. The molecule has 0 bridgehead atoms. The van der Waals surface area contributed by atoms with Crippen LogP contribution in [0.2, 0.25) is 0 Å². The van der Waals surface area contributed by atoms with Gasteiger partial charge in [0.15, 0.2) is 0 Å². The zero-order valence-electron chi connectivity index (χ0n) is 16.2. The standard InChI is InChI=1S/C22H22N4O3/c1-2-28-20-9-6-14(12-15(20)13-23)22-25-21(26-29-22)18-5-3-4-17-16(18)7-8-19(17)24-10-11-27/h3-6,9,12,19,24,27H,2,7-8,10-11H2,1H3/t19-/m1/s1. The van der Waals surface area contributed by atoms with Crippen LogP contribution < -0.4 is 10.1 Å². The number of nitrogens with zero attached hydrogens (tertiary/aromatic N) is 3. The smallest absolute Gasteiger partial charge is 0.258 e. The fraction of sp³-hybridized carbons (Fsp3) is 0.318. The molecule has 2 aromatic carbocycles. The molecule has 2 N–H and O–H groups in total. The third-order valence-corrected chi connectivity index (χ3v) is 5.09. The van der Waals surface area contributed by atoms with Crippen molar-refractivity contribution in [1.82, 2.24) is 15.5 Å². The molecule has 0 aliphatic heterocycles. The molecule has 0 fully saturated rings. The SMILES string of the molecule is CCOc1ccc(-c2nc(-c3cccc4c3CC[C@H]4NCCO)no2)cc1C#N. The summed E-state index contributed by atoms with van der Waals surface area (Å²) in [6, 6.07) is 13.7. The van der Waals surface area contributed by atoms with Crippen LogP contribution in [0.5, 0.6) is 5.75 Å². The number of aliphatic hydroxyl groups excluding tert-OH is 1. The Morgan fingerprint density at radius 2 is 2.24 bits per heavy atom. The molecule has 0 amide bonds. The molecule has 1 heterocycles. The van der Waals surface area contributed by atoms with Gasteiger partial charge >= 0.3 is 0 Å². The van der Waals surface area contributed by atoms with Gasteiger partial charge in [-0.1, -0.05) is 23.4 Å². The highest BCUT2D eigenvalue weighted by molar-refractivity contribution is 5.67. The van der Waals surface area contributed by atoms with Gasteiger partial charge in [-0.15, -0.1) is 0 Å². The van der Waals surface area contributed by atoms with Crippen molar-refractivity contribution < 1.29 is 14.4 Å². The molecule has 29 heavy (non-hydrogen) atoms. The van der Waals surface area contributed by atoms with Crippen LogP contribution in [0.1, 0.15) is 36.1 Å². The van der Waals surface area contributed by atoms with Gasteiger partial charge in [-0.05, 0) is 49.1 Å². The predicted molar refractivity (Wildman–Crippen MR) is 107 cm³/mol. The molecule has 3 aromatic rings. The lowest BCUT2D eigenvalue weighted by atomic mass is 10.0. The first kappa shape index (κ1) is 19.1. The zero-order chi connectivity index (χ0) is 20.2. The fourth-order valence-electron chi connectivity index (χ4n) is 3.80. The van der Waals surface area contributed by atoms with E-state index in [1.807, 2.05) is 25.1 Å². The number of nitriles is 1. The molecule has 0 radical (unpaired) electrons. The number of hydrogen-bond donors (Lipinski definition) is 2. The zero-order valence-corrected chi connectivity index (χ0v) is 16.2. The molecule has 148 valence electrons. The van der Waals surface area contributed by atoms with E-state index < -0.39 is 0 Å². The van der Waals surface area contributed by atoms with E-state index in [1.165, 1.54) is 11.1 Å². The molecule has 7 heteroatoms. The lowest BCUT2D eigenvalue weighted by Crippen LogP contribution is -2.22. The summed E-state index contributed by atoms with van der Waals surface area (Å²) in [7, 11) is 0. The first-order chi connectivity index (χ1) is 14.2. The number of hydrogen-bond acceptors (Lipinski definition) is 7. The molecule has 1 aliphatic carbocycles. The molecular weight excluding hydrogens is 368 g/mol. The van der Waals surface area contributed by atoms with Crippen LogP contribution in [0, 0.1) is 11.3 Å². The number of nitrogens with one attached hydrogen (secondary N) is 1. The van der Waals surface area contributed by atoms with Crippen LogP contribution in [-0.4, -0.2) is 35.0 Å². The van der Waals surface area contributed by atoms with Crippen LogP contribution in [0.3, 0.4) is 0 Å². The van der Waals surface area contributed by atoms with Crippen molar-refractivity contribution in [3.8, 4) is 34.7 Å². The average Bonchev–Trinajstić information content (AvgIpc) is 3.40. The second-order valence-corrected chi connectivity index (χ2v) is 6.82. The number of rotatable bonds is 7. The molecule has 0 saturated heterocycles. The molecule has 0 spiro atoms. The molecule has 1 aromatic heterocycles. The first-order valence-electron chi connectivity index (χ1n) is 9.72. The van der Waals surface area contributed by atoms with E-state index in [-0.39, 0.29) is 12.6 Å². The summed E-state index contributed by atoms with van der Waals surface area (Å²) < 4.78 is 11.0. The maximum Gasteiger partial charge on any atom is 0.258 e. The van der Waals surface area contributed by atoms with E-state index >= 15 is 0 Å². The van der Waals surface area contributed by atoms with E-state index in [0.29, 0.717) is 41.7 Å². The van der Waals surface area contributed by atoms with Gasteiger partial charge < -0.3 is 19.7 Å². The highest BCUT2D eigenvalue weighted by atomic mass is 16.5. The topological polar surface area (TPSA) is 104 Å². The van der Waals surface area contributed by atoms with Crippen LogP contribution in [0.15, 0.2) is 40.9 Å². The van der Waals surface area contributed by atoms with Crippen molar-refractivity contribution in [1.29, 1.82) is 5.26 Å². The Balaban J connectivity index is 1.64. The monoisotopic (exact) mass is 390 g/mol. The third-order valence-electron chi connectivity index (χ3n) is 5.09. The van der Waals surface area contributed by atoms with Crippen molar-refractivity contribution in [3.05, 3.63) is 53.1 Å². The van der Waals surface area contributed by atoms with E-state index in [4.69, 9.17) is 14.4 Å². The van der Waals surface area contributed by atoms with Crippen molar-refractivity contribution in [2.45, 2.75) is 25.8 Å². The fourth-order valence-corrected chi connectivity index (χ4v) is 3.80. The van der Waals surface area contributed by atoms with Crippen LogP contribution >= 0.6 is 0 Å². The largest absolute Gasteiger partial charge is 0.492 e. The molecule has 0 unspecified atom stereocenters. The summed E-state index contributed by atoms with van der Waals surface area (Å²) >= 11 is 0. The van der Waals surface area contributed by atoms with Gasteiger partial charge in [-0.2, -0.15) is 10.2 Å². The van der Waals surface area contributed by atoms with Crippen molar-refractivity contribution in [3.63, 3.8) is 0 Å². The number of benzene rings is 2. The second-order valence-electron chi connectivity index (χ2n) is 6.82. The second kappa shape index (κ2) is 8.43. The van der Waals surface area contributed by atoms with Crippen LogP contribution in [-0.2, 0) is 6.42 Å². The Bertz CT molecular complexity index is 1050. The van der Waals surface area contributed by atoms with Gasteiger partial charge in [0.05, 0.1) is 18.8 Å². The number of aromatic nitrogens is 2. The normalized spacial score (nSPS) is 15.1.